The van der Waals surface area contributed by atoms with Crippen LogP contribution in [0.1, 0.15) is 24.0 Å². The number of carbonyl (C=O) groups is 1. The molecular formula is C19H16N2O. The average Bonchev–Trinajstić information content (AvgIpc) is 3.35. The van der Waals surface area contributed by atoms with Gasteiger partial charge in [-0.15, -0.1) is 0 Å². The summed E-state index contributed by atoms with van der Waals surface area (Å²) in [6.45, 7) is 0. The number of aliphatic imine (C=N–C) groups is 1. The summed E-state index contributed by atoms with van der Waals surface area (Å²) in [4.78, 5) is 19.2. The third-order valence-electron chi connectivity index (χ3n) is 3.94. The van der Waals surface area contributed by atoms with E-state index in [1.54, 1.807) is 0 Å². The van der Waals surface area contributed by atoms with Crippen molar-refractivity contribution in [3.63, 3.8) is 0 Å². The number of nitrogens with zero attached hydrogens (tertiary/aromatic N) is 2. The summed E-state index contributed by atoms with van der Waals surface area (Å²) >= 11 is 0. The largest absolute Gasteiger partial charge is 0.288 e. The van der Waals surface area contributed by atoms with Crippen LogP contribution in [0.3, 0.4) is 0 Å². The van der Waals surface area contributed by atoms with Gasteiger partial charge in [0, 0.05) is 11.6 Å². The predicted molar refractivity (Wildman–Crippen MR) is 87.3 cm³/mol. The first-order valence-corrected chi connectivity index (χ1v) is 7.57. The molecule has 108 valence electrons. The molecule has 3 nitrogen and oxygen atoms in total. The number of benzene rings is 2. The summed E-state index contributed by atoms with van der Waals surface area (Å²) in [7, 11) is 0. The van der Waals surface area contributed by atoms with Crippen LogP contribution < -0.4 is 0 Å². The second-order valence-corrected chi connectivity index (χ2v) is 5.65. The van der Waals surface area contributed by atoms with Crippen molar-refractivity contribution in [2.75, 3.05) is 0 Å². The molecule has 0 unspecified atom stereocenters. The third-order valence-corrected chi connectivity index (χ3v) is 3.94. The van der Waals surface area contributed by atoms with Crippen molar-refractivity contribution in [2.24, 2.45) is 4.99 Å². The molecule has 1 amide bonds. The molecule has 1 aliphatic heterocycles. The van der Waals surface area contributed by atoms with Gasteiger partial charge in [0.1, 0.15) is 11.5 Å². The highest BCUT2D eigenvalue weighted by Gasteiger charge is 2.41. The Labute approximate surface area is 129 Å². The fourth-order valence-electron chi connectivity index (χ4n) is 2.70. The van der Waals surface area contributed by atoms with Crippen molar-refractivity contribution in [3.05, 3.63) is 77.5 Å². The molecule has 22 heavy (non-hydrogen) atoms. The Bertz CT molecular complexity index is 759. The summed E-state index contributed by atoms with van der Waals surface area (Å²) in [5.41, 5.74) is 2.52. The van der Waals surface area contributed by atoms with Gasteiger partial charge < -0.3 is 0 Å². The number of amides is 1. The molecule has 1 saturated carbocycles. The zero-order valence-electron chi connectivity index (χ0n) is 12.1. The molecule has 1 heterocycles. The molecule has 1 aliphatic carbocycles. The van der Waals surface area contributed by atoms with Crippen LogP contribution in [0.15, 0.2) is 71.4 Å². The minimum atomic E-state index is 0.0187. The maximum Gasteiger partial charge on any atom is 0.278 e. The molecule has 0 spiro atoms. The van der Waals surface area contributed by atoms with E-state index in [0.29, 0.717) is 11.7 Å². The van der Waals surface area contributed by atoms with Crippen LogP contribution in [0.2, 0.25) is 0 Å². The standard InChI is InChI=1S/C19H16N2O/c22-19-17(13-14-7-3-1-4-8-14)20-18(21(19)16-11-12-16)15-9-5-2-6-10-15/h1-10,13,16H,11-12H2/b17-13-. The Morgan fingerprint density at radius 2 is 1.59 bits per heavy atom. The fourth-order valence-corrected chi connectivity index (χ4v) is 2.70. The Hall–Kier alpha value is -2.68. The zero-order valence-corrected chi connectivity index (χ0v) is 12.1. The van der Waals surface area contributed by atoms with Crippen molar-refractivity contribution < 1.29 is 4.79 Å². The van der Waals surface area contributed by atoms with E-state index in [-0.39, 0.29) is 5.91 Å². The molecule has 2 aromatic rings. The van der Waals surface area contributed by atoms with E-state index in [2.05, 4.69) is 4.99 Å². The smallest absolute Gasteiger partial charge is 0.278 e. The summed E-state index contributed by atoms with van der Waals surface area (Å²) in [6, 6.07) is 20.1. The highest BCUT2D eigenvalue weighted by atomic mass is 16.2. The van der Waals surface area contributed by atoms with Crippen molar-refractivity contribution in [1.29, 1.82) is 0 Å². The van der Waals surface area contributed by atoms with Gasteiger partial charge in [-0.05, 0) is 24.5 Å². The summed E-state index contributed by atoms with van der Waals surface area (Å²) in [5.74, 6) is 0.806. The first-order valence-electron chi connectivity index (χ1n) is 7.57. The molecule has 2 aromatic carbocycles. The Morgan fingerprint density at radius 1 is 0.955 bits per heavy atom. The summed E-state index contributed by atoms with van der Waals surface area (Å²) < 4.78 is 0. The van der Waals surface area contributed by atoms with Crippen LogP contribution in [0.5, 0.6) is 0 Å². The Balaban J connectivity index is 1.76. The lowest BCUT2D eigenvalue weighted by atomic mass is 10.2. The van der Waals surface area contributed by atoms with Crippen LogP contribution in [0.25, 0.3) is 6.08 Å². The van der Waals surface area contributed by atoms with E-state index in [4.69, 9.17) is 0 Å². The van der Waals surface area contributed by atoms with Gasteiger partial charge in [0.25, 0.3) is 5.91 Å². The Morgan fingerprint density at radius 3 is 2.23 bits per heavy atom. The molecule has 0 N–H and O–H groups in total. The van der Waals surface area contributed by atoms with Crippen molar-refractivity contribution in [1.82, 2.24) is 4.90 Å². The van der Waals surface area contributed by atoms with Gasteiger partial charge in [0.05, 0.1) is 0 Å². The van der Waals surface area contributed by atoms with Gasteiger partial charge in [0.2, 0.25) is 0 Å². The maximum absolute atomic E-state index is 12.7. The predicted octanol–water partition coefficient (Wildman–Crippen LogP) is 3.48. The van der Waals surface area contributed by atoms with E-state index in [9.17, 15) is 4.79 Å². The van der Waals surface area contributed by atoms with Crippen molar-refractivity contribution in [2.45, 2.75) is 18.9 Å². The number of amidine groups is 1. The molecule has 0 atom stereocenters. The molecule has 1 fully saturated rings. The molecule has 4 rings (SSSR count). The zero-order chi connectivity index (χ0) is 14.9. The molecular weight excluding hydrogens is 272 g/mol. The van der Waals surface area contributed by atoms with E-state index in [1.807, 2.05) is 71.6 Å². The van der Waals surface area contributed by atoms with E-state index < -0.39 is 0 Å². The molecule has 3 heteroatoms. The van der Waals surface area contributed by atoms with Crippen LogP contribution in [0, 0.1) is 0 Å². The molecule has 0 aromatic heterocycles. The first kappa shape index (κ1) is 13.0. The minimum absolute atomic E-state index is 0.0187. The normalized spacial score (nSPS) is 19.6. The number of hydrogen-bond donors (Lipinski definition) is 0. The lowest BCUT2D eigenvalue weighted by Gasteiger charge is -2.17. The van der Waals surface area contributed by atoms with E-state index in [1.165, 1.54) is 0 Å². The quantitative estimate of drug-likeness (QED) is 0.796. The molecule has 0 radical (unpaired) electrons. The van der Waals surface area contributed by atoms with Gasteiger partial charge in [-0.3, -0.25) is 9.69 Å². The van der Waals surface area contributed by atoms with Crippen LogP contribution in [0.4, 0.5) is 0 Å². The summed E-state index contributed by atoms with van der Waals surface area (Å²) in [6.07, 6.45) is 4.00. The van der Waals surface area contributed by atoms with Gasteiger partial charge >= 0.3 is 0 Å². The molecule has 2 aliphatic rings. The lowest BCUT2D eigenvalue weighted by Crippen LogP contribution is -2.34. The maximum atomic E-state index is 12.7. The molecule has 0 bridgehead atoms. The van der Waals surface area contributed by atoms with E-state index >= 15 is 0 Å². The van der Waals surface area contributed by atoms with Gasteiger partial charge in [0.15, 0.2) is 0 Å². The minimum Gasteiger partial charge on any atom is -0.288 e. The van der Waals surface area contributed by atoms with Gasteiger partial charge in [-0.2, -0.15) is 0 Å². The highest BCUT2D eigenvalue weighted by Crippen LogP contribution is 2.34. The average molecular weight is 288 g/mol. The second-order valence-electron chi connectivity index (χ2n) is 5.65. The fraction of sp³-hybridized carbons (Fsp3) is 0.158. The van der Waals surface area contributed by atoms with Crippen molar-refractivity contribution >= 4 is 17.8 Å². The van der Waals surface area contributed by atoms with Crippen molar-refractivity contribution in [3.8, 4) is 0 Å². The SMILES string of the molecule is O=C1/C(=C/c2ccccc2)N=C(c2ccccc2)N1C1CC1. The van der Waals surface area contributed by atoms with Crippen LogP contribution in [-0.2, 0) is 4.79 Å². The lowest BCUT2D eigenvalue weighted by molar-refractivity contribution is -0.122. The van der Waals surface area contributed by atoms with E-state index in [0.717, 1.165) is 29.8 Å². The highest BCUT2D eigenvalue weighted by molar-refractivity contribution is 6.20. The van der Waals surface area contributed by atoms with Crippen LogP contribution in [-0.4, -0.2) is 22.7 Å². The number of carbonyl (C=O) groups excluding carboxylic acids is 1. The molecule has 0 saturated heterocycles. The van der Waals surface area contributed by atoms with Crippen LogP contribution >= 0.6 is 0 Å². The second kappa shape index (κ2) is 5.26. The third kappa shape index (κ3) is 2.35. The van der Waals surface area contributed by atoms with Gasteiger partial charge in [-0.1, -0.05) is 60.7 Å². The first-order chi connectivity index (χ1) is 10.8. The number of rotatable bonds is 3. The Kier molecular flexibility index (Phi) is 3.11. The topological polar surface area (TPSA) is 32.7 Å². The summed E-state index contributed by atoms with van der Waals surface area (Å²) in [5, 5.41) is 0. The number of hydrogen-bond acceptors (Lipinski definition) is 2. The monoisotopic (exact) mass is 288 g/mol. The van der Waals surface area contributed by atoms with Gasteiger partial charge in [-0.25, -0.2) is 4.99 Å².